The van der Waals surface area contributed by atoms with Crippen molar-refractivity contribution in [2.75, 3.05) is 0 Å². The smallest absolute Gasteiger partial charge is 0.349 e. The molecule has 26 heavy (non-hydrogen) atoms. The van der Waals surface area contributed by atoms with Crippen LogP contribution in [-0.4, -0.2) is 11.8 Å². The van der Waals surface area contributed by atoms with Gasteiger partial charge in [0.2, 0.25) is 5.78 Å². The summed E-state index contributed by atoms with van der Waals surface area (Å²) in [5, 5.41) is 0. The Hall–Kier alpha value is -2.72. The predicted molar refractivity (Wildman–Crippen MR) is 104 cm³/mol. The van der Waals surface area contributed by atoms with E-state index in [1.54, 1.807) is 18.2 Å². The largest absolute Gasteiger partial charge is 0.445 e. The molecule has 0 aliphatic heterocycles. The second kappa shape index (κ2) is 7.67. The van der Waals surface area contributed by atoms with Gasteiger partial charge < -0.3 is 4.74 Å². The van der Waals surface area contributed by atoms with Crippen LogP contribution in [0, 0.1) is 20.8 Å². The monoisotopic (exact) mass is 364 g/mol. The number of carbonyl (C=O) groups is 2. The minimum absolute atomic E-state index is 0.226. The molecule has 0 saturated heterocycles. The number of benzene rings is 2. The van der Waals surface area contributed by atoms with Crippen LogP contribution in [0.1, 0.15) is 47.7 Å². The third-order valence-corrected chi connectivity index (χ3v) is 5.10. The molecule has 0 saturated carbocycles. The maximum absolute atomic E-state index is 13.0. The normalized spacial score (nSPS) is 11.8. The highest BCUT2D eigenvalue weighted by atomic mass is 32.1. The molecule has 0 aliphatic carbocycles. The van der Waals surface area contributed by atoms with Crippen molar-refractivity contribution in [3.63, 3.8) is 0 Å². The fourth-order valence-corrected chi connectivity index (χ4v) is 3.34. The van der Waals surface area contributed by atoms with Crippen LogP contribution in [-0.2, 0) is 4.74 Å². The number of aryl methyl sites for hydroxylation is 3. The van der Waals surface area contributed by atoms with Gasteiger partial charge >= 0.3 is 5.97 Å². The van der Waals surface area contributed by atoms with Gasteiger partial charge in [-0.1, -0.05) is 59.7 Å². The Kier molecular flexibility index (Phi) is 5.33. The van der Waals surface area contributed by atoms with E-state index in [2.05, 4.69) is 0 Å². The molecule has 0 fully saturated rings. The Balaban J connectivity index is 1.93. The van der Waals surface area contributed by atoms with Gasteiger partial charge in [0.15, 0.2) is 6.10 Å². The van der Waals surface area contributed by atoms with Gasteiger partial charge in [0.05, 0.1) is 0 Å². The van der Waals surface area contributed by atoms with Crippen LogP contribution in [0.4, 0.5) is 0 Å². The minimum atomic E-state index is -0.965. The first-order chi connectivity index (χ1) is 12.4. The van der Waals surface area contributed by atoms with Crippen molar-refractivity contribution in [1.82, 2.24) is 0 Å². The van der Waals surface area contributed by atoms with Gasteiger partial charge in [-0.3, -0.25) is 4.79 Å². The standard InChI is InChI=1S/C22H20O3S/c1-14-4-9-17(10-5-14)20(23)21(18-11-6-15(2)7-12-18)25-22(24)19-13-8-16(3)26-19/h4-13,21H,1-3H3/t21-/m0/s1. The molecule has 0 radical (unpaired) electrons. The third-order valence-electron chi connectivity index (χ3n) is 4.12. The second-order valence-electron chi connectivity index (χ2n) is 6.34. The summed E-state index contributed by atoms with van der Waals surface area (Å²) in [4.78, 5) is 27.1. The number of thiophene rings is 1. The van der Waals surface area contributed by atoms with Gasteiger partial charge in [0.1, 0.15) is 4.88 Å². The lowest BCUT2D eigenvalue weighted by atomic mass is 9.98. The van der Waals surface area contributed by atoms with E-state index in [4.69, 9.17) is 4.74 Å². The van der Waals surface area contributed by atoms with Gasteiger partial charge in [-0.15, -0.1) is 11.3 Å². The first-order valence-corrected chi connectivity index (χ1v) is 9.20. The molecule has 132 valence electrons. The van der Waals surface area contributed by atoms with Crippen molar-refractivity contribution in [3.05, 3.63) is 92.7 Å². The number of esters is 1. The second-order valence-corrected chi connectivity index (χ2v) is 7.62. The maximum atomic E-state index is 13.0. The van der Waals surface area contributed by atoms with Crippen LogP contribution in [0.3, 0.4) is 0 Å². The molecular weight excluding hydrogens is 344 g/mol. The summed E-state index contributed by atoms with van der Waals surface area (Å²) in [6, 6.07) is 18.4. The fourth-order valence-electron chi connectivity index (χ4n) is 2.59. The van der Waals surface area contributed by atoms with E-state index >= 15 is 0 Å². The summed E-state index contributed by atoms with van der Waals surface area (Å²) in [7, 11) is 0. The Labute approximate surface area is 157 Å². The molecule has 0 amide bonds. The lowest BCUT2D eigenvalue weighted by Crippen LogP contribution is -2.20. The van der Waals surface area contributed by atoms with Crippen LogP contribution in [0.5, 0.6) is 0 Å². The molecule has 1 aromatic heterocycles. The quantitative estimate of drug-likeness (QED) is 0.446. The Bertz CT molecular complexity index is 921. The predicted octanol–water partition coefficient (Wildman–Crippen LogP) is 5.45. The topological polar surface area (TPSA) is 43.4 Å². The van der Waals surface area contributed by atoms with Crippen LogP contribution >= 0.6 is 11.3 Å². The van der Waals surface area contributed by atoms with Crippen molar-refractivity contribution in [2.45, 2.75) is 26.9 Å². The first kappa shape index (κ1) is 18.1. The third kappa shape index (κ3) is 4.09. The van der Waals surface area contributed by atoms with Crippen molar-refractivity contribution in [2.24, 2.45) is 0 Å². The van der Waals surface area contributed by atoms with Gasteiger partial charge in [-0.2, -0.15) is 0 Å². The molecule has 4 heteroatoms. The Morgan fingerprint density at radius 3 is 1.92 bits per heavy atom. The van der Waals surface area contributed by atoms with E-state index in [9.17, 15) is 9.59 Å². The average Bonchev–Trinajstić information content (AvgIpc) is 3.07. The van der Waals surface area contributed by atoms with Crippen LogP contribution in [0.15, 0.2) is 60.7 Å². The number of hydrogen-bond acceptors (Lipinski definition) is 4. The highest BCUT2D eigenvalue weighted by Crippen LogP contribution is 2.26. The van der Waals surface area contributed by atoms with Crippen molar-refractivity contribution < 1.29 is 14.3 Å². The summed E-state index contributed by atoms with van der Waals surface area (Å²) in [5.41, 5.74) is 3.34. The van der Waals surface area contributed by atoms with Crippen molar-refractivity contribution in [1.29, 1.82) is 0 Å². The van der Waals surface area contributed by atoms with Gasteiger partial charge in [-0.05, 0) is 32.9 Å². The number of ketones is 1. The van der Waals surface area contributed by atoms with Gasteiger partial charge in [0, 0.05) is 16.0 Å². The summed E-state index contributed by atoms with van der Waals surface area (Å²) >= 11 is 1.36. The average molecular weight is 364 g/mol. The number of Topliss-reactive ketones (excluding diaryl/α,β-unsaturated/α-hetero) is 1. The van der Waals surface area contributed by atoms with E-state index < -0.39 is 12.1 Å². The SMILES string of the molecule is Cc1ccc(C(=O)[C@@H](OC(=O)c2ccc(C)s2)c2ccc(C)cc2)cc1. The Morgan fingerprint density at radius 2 is 1.38 bits per heavy atom. The van der Waals surface area contributed by atoms with E-state index in [1.807, 2.05) is 63.2 Å². The fraction of sp³-hybridized carbons (Fsp3) is 0.182. The van der Waals surface area contributed by atoms with E-state index in [-0.39, 0.29) is 5.78 Å². The van der Waals surface area contributed by atoms with E-state index in [0.29, 0.717) is 16.0 Å². The summed E-state index contributed by atoms with van der Waals surface area (Å²) in [6.45, 7) is 5.86. The highest BCUT2D eigenvalue weighted by molar-refractivity contribution is 7.13. The Morgan fingerprint density at radius 1 is 0.808 bits per heavy atom. The molecule has 2 aromatic carbocycles. The maximum Gasteiger partial charge on any atom is 0.349 e. The van der Waals surface area contributed by atoms with Crippen LogP contribution in [0.25, 0.3) is 0 Å². The zero-order chi connectivity index (χ0) is 18.7. The van der Waals surface area contributed by atoms with Crippen molar-refractivity contribution in [3.8, 4) is 0 Å². The molecule has 3 nitrogen and oxygen atoms in total. The molecule has 0 N–H and O–H groups in total. The molecule has 3 aromatic rings. The van der Waals surface area contributed by atoms with Crippen molar-refractivity contribution >= 4 is 23.1 Å². The molecular formula is C22H20O3S. The highest BCUT2D eigenvalue weighted by Gasteiger charge is 2.27. The van der Waals surface area contributed by atoms with E-state index in [0.717, 1.165) is 16.0 Å². The number of hydrogen-bond donors (Lipinski definition) is 0. The lowest BCUT2D eigenvalue weighted by Gasteiger charge is -2.17. The minimum Gasteiger partial charge on any atom is -0.445 e. The van der Waals surface area contributed by atoms with Crippen LogP contribution in [0.2, 0.25) is 0 Å². The zero-order valence-electron chi connectivity index (χ0n) is 15.0. The molecule has 0 unspecified atom stereocenters. The molecule has 0 aliphatic rings. The number of rotatable bonds is 5. The van der Waals surface area contributed by atoms with Crippen LogP contribution < -0.4 is 0 Å². The first-order valence-electron chi connectivity index (χ1n) is 8.39. The van der Waals surface area contributed by atoms with E-state index in [1.165, 1.54) is 11.3 Å². The molecule has 3 rings (SSSR count). The molecule has 1 atom stereocenters. The summed E-state index contributed by atoms with van der Waals surface area (Å²) < 4.78 is 5.64. The number of ether oxygens (including phenoxy) is 1. The molecule has 0 spiro atoms. The zero-order valence-corrected chi connectivity index (χ0v) is 15.8. The summed E-state index contributed by atoms with van der Waals surface area (Å²) in [5.74, 6) is -0.704. The lowest BCUT2D eigenvalue weighted by molar-refractivity contribution is 0.0285. The van der Waals surface area contributed by atoms with Gasteiger partial charge in [0.25, 0.3) is 0 Å². The number of carbonyl (C=O) groups excluding carboxylic acids is 2. The van der Waals surface area contributed by atoms with Gasteiger partial charge in [-0.25, -0.2) is 4.79 Å². The molecule has 0 bridgehead atoms. The molecule has 1 heterocycles. The summed E-state index contributed by atoms with van der Waals surface area (Å²) in [6.07, 6.45) is -0.965.